The van der Waals surface area contributed by atoms with Gasteiger partial charge >= 0.3 is 0 Å². The third kappa shape index (κ3) is 5.90. The molecule has 1 unspecified atom stereocenters. The van der Waals surface area contributed by atoms with E-state index in [0.29, 0.717) is 12.6 Å². The lowest BCUT2D eigenvalue weighted by atomic mass is 10.2. The molecule has 3 aromatic rings. The van der Waals surface area contributed by atoms with Gasteiger partial charge in [0.1, 0.15) is 12.7 Å². The zero-order chi connectivity index (χ0) is 21.3. The number of thiophene rings is 1. The Morgan fingerprint density at radius 2 is 2.03 bits per heavy atom. The minimum atomic E-state index is 0.315. The van der Waals surface area contributed by atoms with Crippen molar-refractivity contribution in [3.8, 4) is 5.69 Å². The molecule has 1 aromatic carbocycles. The van der Waals surface area contributed by atoms with Crippen LogP contribution in [0.4, 0.5) is 0 Å². The van der Waals surface area contributed by atoms with Gasteiger partial charge in [-0.15, -0.1) is 11.3 Å². The van der Waals surface area contributed by atoms with Crippen molar-refractivity contribution in [3.63, 3.8) is 0 Å². The van der Waals surface area contributed by atoms with Crippen LogP contribution in [0.15, 0.2) is 59.4 Å². The molecule has 2 aromatic heterocycles. The number of morpholine rings is 1. The standard InChI is InChI=1S/C22H29N7OS/c1-2-24-22(25-14-18-5-7-19(8-6-18)29-17-23-16-27-29)26-15-20(21-4-3-13-31-21)28-9-11-30-12-10-28/h3-8,13,16-17,20H,2,9-12,14-15H2,1H3,(H2,24,25,26). The number of hydrogen-bond donors (Lipinski definition) is 2. The van der Waals surface area contributed by atoms with Crippen molar-refractivity contribution in [1.82, 2.24) is 30.3 Å². The first-order valence-electron chi connectivity index (χ1n) is 10.6. The summed E-state index contributed by atoms with van der Waals surface area (Å²) in [7, 11) is 0. The van der Waals surface area contributed by atoms with Gasteiger partial charge in [-0.3, -0.25) is 4.90 Å². The van der Waals surface area contributed by atoms with Gasteiger partial charge in [0.25, 0.3) is 0 Å². The minimum absolute atomic E-state index is 0.315. The molecular formula is C22H29N7OS. The summed E-state index contributed by atoms with van der Waals surface area (Å²) in [5.41, 5.74) is 2.13. The predicted molar refractivity (Wildman–Crippen MR) is 124 cm³/mol. The molecule has 4 rings (SSSR count). The highest BCUT2D eigenvalue weighted by Gasteiger charge is 2.23. The maximum Gasteiger partial charge on any atom is 0.191 e. The number of benzene rings is 1. The van der Waals surface area contributed by atoms with E-state index in [9.17, 15) is 0 Å². The van der Waals surface area contributed by atoms with Crippen LogP contribution in [0, 0.1) is 0 Å². The maximum absolute atomic E-state index is 5.55. The van der Waals surface area contributed by atoms with E-state index in [1.807, 2.05) is 12.1 Å². The molecule has 0 spiro atoms. The lowest BCUT2D eigenvalue weighted by Crippen LogP contribution is -2.46. The van der Waals surface area contributed by atoms with Crippen molar-refractivity contribution in [2.45, 2.75) is 19.5 Å². The Balaban J connectivity index is 1.39. The van der Waals surface area contributed by atoms with E-state index < -0.39 is 0 Å². The van der Waals surface area contributed by atoms with E-state index in [0.717, 1.165) is 56.6 Å². The van der Waals surface area contributed by atoms with E-state index in [2.05, 4.69) is 62.2 Å². The summed E-state index contributed by atoms with van der Waals surface area (Å²) in [6.07, 6.45) is 3.23. The Hall–Kier alpha value is -2.75. The second-order valence-corrected chi connectivity index (χ2v) is 8.24. The zero-order valence-corrected chi connectivity index (χ0v) is 18.6. The van der Waals surface area contributed by atoms with E-state index in [-0.39, 0.29) is 0 Å². The zero-order valence-electron chi connectivity index (χ0n) is 17.8. The number of ether oxygens (including phenoxy) is 1. The molecule has 0 saturated carbocycles. The van der Waals surface area contributed by atoms with Crippen molar-refractivity contribution in [2.24, 2.45) is 4.99 Å². The van der Waals surface area contributed by atoms with Gasteiger partial charge in [0.05, 0.1) is 31.5 Å². The fourth-order valence-corrected chi connectivity index (χ4v) is 4.44. The number of aliphatic imine (C=N–C) groups is 1. The molecule has 1 saturated heterocycles. The molecule has 2 N–H and O–H groups in total. The molecule has 1 aliphatic heterocycles. The normalized spacial score (nSPS) is 16.2. The number of nitrogens with one attached hydrogen (secondary N) is 2. The molecule has 164 valence electrons. The summed E-state index contributed by atoms with van der Waals surface area (Å²) in [5, 5.41) is 13.2. The smallest absolute Gasteiger partial charge is 0.191 e. The molecule has 1 atom stereocenters. The maximum atomic E-state index is 5.55. The van der Waals surface area contributed by atoms with E-state index >= 15 is 0 Å². The highest BCUT2D eigenvalue weighted by atomic mass is 32.1. The van der Waals surface area contributed by atoms with Gasteiger partial charge in [-0.2, -0.15) is 5.10 Å². The van der Waals surface area contributed by atoms with Crippen LogP contribution in [0.5, 0.6) is 0 Å². The molecule has 0 bridgehead atoms. The third-order valence-corrected chi connectivity index (χ3v) is 6.18. The topological polar surface area (TPSA) is 79.6 Å². The molecular weight excluding hydrogens is 410 g/mol. The van der Waals surface area contributed by atoms with E-state index in [1.54, 1.807) is 22.3 Å². The number of rotatable bonds is 8. The summed E-state index contributed by atoms with van der Waals surface area (Å²) in [6.45, 7) is 7.81. The van der Waals surface area contributed by atoms with E-state index in [1.165, 1.54) is 11.2 Å². The first-order valence-corrected chi connectivity index (χ1v) is 11.5. The van der Waals surface area contributed by atoms with Crippen molar-refractivity contribution < 1.29 is 4.74 Å². The summed E-state index contributed by atoms with van der Waals surface area (Å²) >= 11 is 1.81. The van der Waals surface area contributed by atoms with Gasteiger partial charge < -0.3 is 15.4 Å². The second kappa shape index (κ2) is 11.0. The van der Waals surface area contributed by atoms with E-state index in [4.69, 9.17) is 9.73 Å². The second-order valence-electron chi connectivity index (χ2n) is 7.26. The molecule has 0 radical (unpaired) electrons. The van der Waals surface area contributed by atoms with Crippen LogP contribution < -0.4 is 10.6 Å². The average molecular weight is 440 g/mol. The van der Waals surface area contributed by atoms with Gasteiger partial charge in [0.15, 0.2) is 5.96 Å². The van der Waals surface area contributed by atoms with Crippen LogP contribution in [0.25, 0.3) is 5.69 Å². The van der Waals surface area contributed by atoms with Crippen molar-refractivity contribution in [3.05, 3.63) is 64.9 Å². The summed E-state index contributed by atoms with van der Waals surface area (Å²) in [4.78, 5) is 12.7. The number of aromatic nitrogens is 3. The van der Waals surface area contributed by atoms with Crippen molar-refractivity contribution in [2.75, 3.05) is 39.4 Å². The summed E-state index contributed by atoms with van der Waals surface area (Å²) < 4.78 is 7.29. The Morgan fingerprint density at radius 3 is 2.71 bits per heavy atom. The van der Waals surface area contributed by atoms with Gasteiger partial charge in [-0.05, 0) is 36.1 Å². The minimum Gasteiger partial charge on any atom is -0.379 e. The molecule has 1 fully saturated rings. The molecule has 0 aliphatic carbocycles. The highest BCUT2D eigenvalue weighted by molar-refractivity contribution is 7.10. The molecule has 0 amide bonds. The number of hydrogen-bond acceptors (Lipinski definition) is 6. The summed E-state index contributed by atoms with van der Waals surface area (Å²) in [5.74, 6) is 0.831. The third-order valence-electron chi connectivity index (χ3n) is 5.20. The molecule has 31 heavy (non-hydrogen) atoms. The van der Waals surface area contributed by atoms with Crippen LogP contribution in [0.3, 0.4) is 0 Å². The molecule has 8 nitrogen and oxygen atoms in total. The van der Waals surface area contributed by atoms with Gasteiger partial charge in [-0.1, -0.05) is 18.2 Å². The number of guanidine groups is 1. The average Bonchev–Trinajstić information content (AvgIpc) is 3.53. The van der Waals surface area contributed by atoms with Crippen LogP contribution in [0.1, 0.15) is 23.4 Å². The first-order chi connectivity index (χ1) is 15.3. The van der Waals surface area contributed by atoms with Crippen LogP contribution >= 0.6 is 11.3 Å². The predicted octanol–water partition coefficient (Wildman–Crippen LogP) is 2.46. The van der Waals surface area contributed by atoms with Crippen molar-refractivity contribution >= 4 is 17.3 Å². The quantitative estimate of drug-likeness (QED) is 0.415. The fraction of sp³-hybridized carbons (Fsp3) is 0.409. The SMILES string of the molecule is CCNC(=NCc1ccc(-n2cncn2)cc1)NCC(c1cccs1)N1CCOCC1. The first kappa shape index (κ1) is 21.5. The van der Waals surface area contributed by atoms with Crippen molar-refractivity contribution in [1.29, 1.82) is 0 Å². The molecule has 3 heterocycles. The van der Waals surface area contributed by atoms with Gasteiger partial charge in [0, 0.05) is 31.1 Å². The lowest BCUT2D eigenvalue weighted by molar-refractivity contribution is 0.0177. The van der Waals surface area contributed by atoms with Crippen LogP contribution in [-0.2, 0) is 11.3 Å². The van der Waals surface area contributed by atoms with Crippen LogP contribution in [-0.4, -0.2) is 65.0 Å². The fourth-order valence-electron chi connectivity index (χ4n) is 3.58. The monoisotopic (exact) mass is 439 g/mol. The van der Waals surface area contributed by atoms with Crippen LogP contribution in [0.2, 0.25) is 0 Å². The Morgan fingerprint density at radius 1 is 1.19 bits per heavy atom. The Kier molecular flexibility index (Phi) is 7.65. The van der Waals surface area contributed by atoms with Gasteiger partial charge in [0.2, 0.25) is 0 Å². The number of nitrogens with zero attached hydrogens (tertiary/aromatic N) is 5. The summed E-state index contributed by atoms with van der Waals surface area (Å²) in [6, 6.07) is 12.9. The Bertz CT molecular complexity index is 919. The molecule has 1 aliphatic rings. The largest absolute Gasteiger partial charge is 0.379 e. The molecule has 9 heteroatoms. The lowest BCUT2D eigenvalue weighted by Gasteiger charge is -2.34. The van der Waals surface area contributed by atoms with Gasteiger partial charge in [-0.25, -0.2) is 14.7 Å². The highest BCUT2D eigenvalue weighted by Crippen LogP contribution is 2.25. The Labute approximate surface area is 187 Å².